The molecule has 14 heteroatoms. The van der Waals surface area contributed by atoms with E-state index in [9.17, 15) is 22.5 Å². The van der Waals surface area contributed by atoms with Gasteiger partial charge in [0.2, 0.25) is 0 Å². The number of urea groups is 1. The summed E-state index contributed by atoms with van der Waals surface area (Å²) in [6.45, 7) is 1.69. The Balaban J connectivity index is 1.82. The van der Waals surface area contributed by atoms with Gasteiger partial charge in [-0.2, -0.15) is 13.2 Å². The van der Waals surface area contributed by atoms with Crippen LogP contribution >= 0.6 is 11.6 Å². The SMILES string of the molecule is C#Cc1nc(C(F)(F)F)cc2nc(-c3nc(NC(=O)N(C=N)c4ccc(Cl)cc4)ccc3[S+]([O-])CC)n(C)c12. The number of hydrogen-bond donors (Lipinski definition) is 2. The number of nitrogens with zero attached hydrogens (tertiary/aromatic N) is 5. The van der Waals surface area contributed by atoms with Crippen molar-refractivity contribution in [3.8, 4) is 23.9 Å². The van der Waals surface area contributed by atoms with Crippen molar-refractivity contribution in [3.05, 3.63) is 58.9 Å². The minimum atomic E-state index is -4.75. The molecular weight excluding hydrogens is 555 g/mol. The molecule has 4 aromatic rings. The molecule has 9 nitrogen and oxygen atoms in total. The fourth-order valence-corrected chi connectivity index (χ4v) is 4.74. The van der Waals surface area contributed by atoms with Crippen molar-refractivity contribution in [2.24, 2.45) is 7.05 Å². The van der Waals surface area contributed by atoms with E-state index in [4.69, 9.17) is 23.4 Å². The number of carbonyl (C=O) groups is 1. The number of fused-ring (bicyclic) bond motifs is 1. The lowest BCUT2D eigenvalue weighted by Gasteiger charge is -2.18. The number of carbonyl (C=O) groups excluding carboxylic acids is 1. The van der Waals surface area contributed by atoms with Crippen LogP contribution in [0.25, 0.3) is 22.6 Å². The molecule has 0 aliphatic rings. The lowest BCUT2D eigenvalue weighted by Crippen LogP contribution is -2.33. The molecule has 1 aromatic carbocycles. The van der Waals surface area contributed by atoms with Crippen molar-refractivity contribution in [3.63, 3.8) is 0 Å². The summed E-state index contributed by atoms with van der Waals surface area (Å²) < 4.78 is 54.5. The Morgan fingerprint density at radius 1 is 1.26 bits per heavy atom. The average molecular weight is 574 g/mol. The third-order valence-electron chi connectivity index (χ3n) is 5.54. The summed E-state index contributed by atoms with van der Waals surface area (Å²) in [5, 5.41) is 10.7. The van der Waals surface area contributed by atoms with E-state index in [2.05, 4.69) is 26.2 Å². The van der Waals surface area contributed by atoms with Crippen molar-refractivity contribution >= 4 is 57.7 Å². The van der Waals surface area contributed by atoms with Gasteiger partial charge in [-0.15, -0.1) is 6.42 Å². The van der Waals surface area contributed by atoms with Crippen LogP contribution in [0.5, 0.6) is 0 Å². The Hall–Kier alpha value is -4.12. The first-order valence-electron chi connectivity index (χ1n) is 11.2. The number of amides is 2. The number of anilines is 2. The Bertz CT molecular complexity index is 1620. The lowest BCUT2D eigenvalue weighted by atomic mass is 10.2. The van der Waals surface area contributed by atoms with Gasteiger partial charge in [-0.05, 0) is 66.5 Å². The van der Waals surface area contributed by atoms with Gasteiger partial charge in [-0.3, -0.25) is 15.6 Å². The van der Waals surface area contributed by atoms with Crippen LogP contribution in [0.15, 0.2) is 47.4 Å². The topological polar surface area (TPSA) is 123 Å². The lowest BCUT2D eigenvalue weighted by molar-refractivity contribution is -0.141. The standard InChI is InChI=1S/C25H19ClF3N7O2S/c1-4-16-22-17(12-19(31-16)25(27,28)29)32-23(35(22)3)21-18(39(38)5-2)10-11-20(33-21)34-24(37)36(13-30)15-8-6-14(26)7-9-15/h1,6-13,30H,5H2,2-3H3,(H,33,34,37). The molecule has 0 bridgehead atoms. The van der Waals surface area contributed by atoms with Crippen molar-refractivity contribution in [2.75, 3.05) is 16.0 Å². The van der Waals surface area contributed by atoms with E-state index in [1.165, 1.54) is 23.7 Å². The third-order valence-corrected chi connectivity index (χ3v) is 7.14. The maximum atomic E-state index is 13.4. The molecule has 0 spiro atoms. The zero-order valence-electron chi connectivity index (χ0n) is 20.4. The zero-order chi connectivity index (χ0) is 28.5. The van der Waals surface area contributed by atoms with Gasteiger partial charge in [0.05, 0.1) is 17.5 Å². The van der Waals surface area contributed by atoms with E-state index < -0.39 is 29.1 Å². The number of hydrogen-bond acceptors (Lipinski definition) is 6. The minimum absolute atomic E-state index is 0.0194. The Morgan fingerprint density at radius 2 is 1.95 bits per heavy atom. The molecule has 4 rings (SSSR count). The first kappa shape index (κ1) is 27.9. The Morgan fingerprint density at radius 3 is 2.54 bits per heavy atom. The number of benzene rings is 1. The number of pyridine rings is 2. The summed E-state index contributed by atoms with van der Waals surface area (Å²) in [6.07, 6.45) is 1.51. The summed E-state index contributed by atoms with van der Waals surface area (Å²) in [4.78, 5) is 26.5. The first-order chi connectivity index (χ1) is 18.5. The number of aryl methyl sites for hydroxylation is 1. The molecule has 0 saturated carbocycles. The molecule has 0 radical (unpaired) electrons. The van der Waals surface area contributed by atoms with Crippen molar-refractivity contribution < 1.29 is 22.5 Å². The van der Waals surface area contributed by atoms with E-state index in [-0.39, 0.29) is 44.7 Å². The number of halogens is 4. The smallest absolute Gasteiger partial charge is 0.433 e. The highest BCUT2D eigenvalue weighted by Gasteiger charge is 2.34. The molecule has 1 atom stereocenters. The molecule has 0 saturated heterocycles. The number of aromatic nitrogens is 4. The second-order valence-electron chi connectivity index (χ2n) is 7.94. The quantitative estimate of drug-likeness (QED) is 0.137. The molecule has 39 heavy (non-hydrogen) atoms. The van der Waals surface area contributed by atoms with Crippen molar-refractivity contribution in [1.82, 2.24) is 19.5 Å². The number of alkyl halides is 3. The van der Waals surface area contributed by atoms with Crippen LogP contribution < -0.4 is 10.2 Å². The summed E-state index contributed by atoms with van der Waals surface area (Å²) in [7, 11) is 1.52. The van der Waals surface area contributed by atoms with Gasteiger partial charge in [-0.25, -0.2) is 19.7 Å². The molecule has 2 N–H and O–H groups in total. The summed E-state index contributed by atoms with van der Waals surface area (Å²) >= 11 is 4.35. The van der Waals surface area contributed by atoms with Crippen LogP contribution in [0.1, 0.15) is 18.3 Å². The second kappa shape index (κ2) is 10.9. The molecule has 0 fully saturated rings. The molecule has 3 aromatic heterocycles. The van der Waals surface area contributed by atoms with Crippen LogP contribution in [0.4, 0.5) is 29.5 Å². The molecular formula is C25H19ClF3N7O2S. The van der Waals surface area contributed by atoms with Gasteiger partial charge in [-0.1, -0.05) is 11.6 Å². The summed E-state index contributed by atoms with van der Waals surface area (Å²) in [5.74, 6) is 2.47. The summed E-state index contributed by atoms with van der Waals surface area (Å²) in [6, 6.07) is 9.16. The van der Waals surface area contributed by atoms with Gasteiger partial charge in [0, 0.05) is 12.1 Å². The van der Waals surface area contributed by atoms with Gasteiger partial charge in [0.25, 0.3) is 0 Å². The number of imidazole rings is 1. The molecule has 0 aliphatic carbocycles. The van der Waals surface area contributed by atoms with E-state index in [0.717, 1.165) is 17.3 Å². The number of rotatable bonds is 6. The molecule has 2 amide bonds. The Labute approximate surface area is 228 Å². The maximum Gasteiger partial charge on any atom is 0.433 e. The monoisotopic (exact) mass is 573 g/mol. The normalized spacial score (nSPS) is 12.2. The highest BCUT2D eigenvalue weighted by Crippen LogP contribution is 2.34. The van der Waals surface area contributed by atoms with Crippen LogP contribution in [0, 0.1) is 17.8 Å². The van der Waals surface area contributed by atoms with Gasteiger partial charge < -0.3 is 9.12 Å². The van der Waals surface area contributed by atoms with Gasteiger partial charge in [0.1, 0.15) is 28.5 Å². The van der Waals surface area contributed by atoms with Crippen LogP contribution in [0.3, 0.4) is 0 Å². The third kappa shape index (κ3) is 5.53. The average Bonchev–Trinajstić information content (AvgIpc) is 3.25. The van der Waals surface area contributed by atoms with Crippen molar-refractivity contribution in [2.45, 2.75) is 18.0 Å². The highest BCUT2D eigenvalue weighted by atomic mass is 35.5. The minimum Gasteiger partial charge on any atom is -0.611 e. The van der Waals surface area contributed by atoms with Gasteiger partial charge >= 0.3 is 12.2 Å². The molecule has 3 heterocycles. The van der Waals surface area contributed by atoms with E-state index in [1.54, 1.807) is 31.2 Å². The fraction of sp³-hybridized carbons (Fsp3) is 0.160. The predicted molar refractivity (Wildman–Crippen MR) is 143 cm³/mol. The Kier molecular flexibility index (Phi) is 7.82. The predicted octanol–water partition coefficient (Wildman–Crippen LogP) is 5.46. The largest absolute Gasteiger partial charge is 0.611 e. The molecule has 0 aliphatic heterocycles. The second-order valence-corrected chi connectivity index (χ2v) is 10.1. The fourth-order valence-electron chi connectivity index (χ4n) is 3.73. The van der Waals surface area contributed by atoms with Crippen LogP contribution in [-0.2, 0) is 24.4 Å². The van der Waals surface area contributed by atoms with E-state index in [1.807, 2.05) is 0 Å². The summed E-state index contributed by atoms with van der Waals surface area (Å²) in [5.41, 5.74) is -0.967. The van der Waals surface area contributed by atoms with Crippen molar-refractivity contribution in [1.29, 1.82) is 5.41 Å². The highest BCUT2D eigenvalue weighted by molar-refractivity contribution is 7.91. The van der Waals surface area contributed by atoms with Gasteiger partial charge in [0.15, 0.2) is 16.4 Å². The molecule has 1 unspecified atom stereocenters. The van der Waals surface area contributed by atoms with E-state index in [0.29, 0.717) is 10.7 Å². The molecule has 200 valence electrons. The van der Waals surface area contributed by atoms with Crippen LogP contribution in [0.2, 0.25) is 5.02 Å². The van der Waals surface area contributed by atoms with E-state index >= 15 is 0 Å². The number of nitrogens with one attached hydrogen (secondary N) is 2. The van der Waals surface area contributed by atoms with Crippen LogP contribution in [-0.4, -0.2) is 42.2 Å². The first-order valence-corrected chi connectivity index (χ1v) is 12.9. The maximum absolute atomic E-state index is 13.4. The zero-order valence-corrected chi connectivity index (χ0v) is 21.9. The number of terminal acetylenes is 1.